The van der Waals surface area contributed by atoms with E-state index in [9.17, 15) is 8.76 Å². The van der Waals surface area contributed by atoms with Gasteiger partial charge >= 0.3 is 0 Å². The van der Waals surface area contributed by atoms with Gasteiger partial charge in [-0.2, -0.15) is 9.65 Å². The fourth-order valence-electron chi connectivity index (χ4n) is 5.12. The fourth-order valence-corrected chi connectivity index (χ4v) is 6.85. The molecule has 35 heavy (non-hydrogen) atoms. The highest BCUT2D eigenvalue weighted by molar-refractivity contribution is 7.98. The minimum absolute atomic E-state index is 0.119. The number of aromatic nitrogens is 3. The van der Waals surface area contributed by atoms with E-state index >= 15 is 0 Å². The van der Waals surface area contributed by atoms with Gasteiger partial charge in [0.1, 0.15) is 0 Å². The van der Waals surface area contributed by atoms with Gasteiger partial charge in [0, 0.05) is 73.3 Å². The molecule has 2 N–H and O–H groups in total. The molecule has 2 aliphatic rings. The Morgan fingerprint density at radius 3 is 2.43 bits per heavy atom. The highest BCUT2D eigenvalue weighted by Gasteiger charge is 2.48. The van der Waals surface area contributed by atoms with Crippen LogP contribution in [-0.2, 0) is 14.4 Å². The molecule has 3 heterocycles. The highest BCUT2D eigenvalue weighted by Crippen LogP contribution is 2.39. The van der Waals surface area contributed by atoms with Crippen LogP contribution in [0.25, 0.3) is 27.9 Å². The molecule has 0 amide bonds. The van der Waals surface area contributed by atoms with Crippen molar-refractivity contribution in [1.82, 2.24) is 19.9 Å². The molecule has 3 atom stereocenters. The molecule has 2 aromatic heterocycles. The maximum absolute atomic E-state index is 12.8. The Morgan fingerprint density at radius 1 is 0.971 bits per heavy atom. The standard InChI is InChI=1S/C27H29N5O2S/c1-18-13-28-14-19(2)32(18)23-8-6-20(7-9-23)22-15-29-27-26(16-30-31(27)17-22)21-4-3-5-25(12-21)35(33,34)24-10-11-24/h3-9,12,15-19,24,28H,10-11,13-14H2,1-2H3/p+1/t18-,19+. The average Bonchev–Trinajstić information content (AvgIpc) is 3.65. The Morgan fingerprint density at radius 2 is 1.71 bits per heavy atom. The number of rotatable bonds is 5. The summed E-state index contributed by atoms with van der Waals surface area (Å²) < 4.78 is 25.1. The minimum atomic E-state index is -3.00. The molecule has 0 bridgehead atoms. The van der Waals surface area contributed by atoms with E-state index in [-0.39, 0.29) is 5.25 Å². The molecule has 1 saturated heterocycles. The molecule has 0 radical (unpaired) electrons. The molecule has 180 valence electrons. The van der Waals surface area contributed by atoms with Gasteiger partial charge < -0.3 is 10.2 Å². The number of hydrogen-bond acceptors (Lipinski definition) is 5. The van der Waals surface area contributed by atoms with Gasteiger partial charge in [0.2, 0.25) is 0 Å². The van der Waals surface area contributed by atoms with Crippen LogP contribution < -0.4 is 10.2 Å². The smallest absolute Gasteiger partial charge is 0.250 e. The van der Waals surface area contributed by atoms with Crippen LogP contribution in [0.4, 0.5) is 5.69 Å². The number of nitrogens with zero attached hydrogens (tertiary/aromatic N) is 4. The van der Waals surface area contributed by atoms with Crippen LogP contribution in [0.3, 0.4) is 0 Å². The van der Waals surface area contributed by atoms with E-state index in [1.54, 1.807) is 16.8 Å². The quantitative estimate of drug-likeness (QED) is 0.395. The van der Waals surface area contributed by atoms with E-state index in [2.05, 4.69) is 53.4 Å². The third-order valence-corrected chi connectivity index (χ3v) is 9.45. The first-order valence-electron chi connectivity index (χ1n) is 12.2. The summed E-state index contributed by atoms with van der Waals surface area (Å²) in [5.74, 6) is 0. The van der Waals surface area contributed by atoms with Crippen molar-refractivity contribution in [2.24, 2.45) is 0 Å². The maximum Gasteiger partial charge on any atom is 0.250 e. The lowest BCUT2D eigenvalue weighted by atomic mass is 10.0. The van der Waals surface area contributed by atoms with Gasteiger partial charge in [-0.05, 0) is 43.2 Å². The number of anilines is 1. The largest absolute Gasteiger partial charge is 0.364 e. The Bertz CT molecular complexity index is 1420. The number of piperazine rings is 1. The van der Waals surface area contributed by atoms with Crippen LogP contribution in [0.15, 0.2) is 72.0 Å². The molecule has 1 unspecified atom stereocenters. The molecule has 7 nitrogen and oxygen atoms in total. The summed E-state index contributed by atoms with van der Waals surface area (Å²) in [5.41, 5.74) is 5.73. The Kier molecular flexibility index (Phi) is 5.47. The van der Waals surface area contributed by atoms with Crippen LogP contribution in [0, 0.1) is 0 Å². The molecule has 2 fully saturated rings. The number of fused-ring (bicyclic) bond motifs is 1. The van der Waals surface area contributed by atoms with E-state index in [1.165, 1.54) is 5.69 Å². The average molecular weight is 489 g/mol. The van der Waals surface area contributed by atoms with Crippen molar-refractivity contribution in [3.8, 4) is 22.3 Å². The summed E-state index contributed by atoms with van der Waals surface area (Å²) in [6.45, 7) is 6.49. The molecule has 1 saturated carbocycles. The van der Waals surface area contributed by atoms with Crippen LogP contribution in [0.5, 0.6) is 0 Å². The first-order chi connectivity index (χ1) is 16.9. The second-order valence-corrected chi connectivity index (χ2v) is 12.1. The van der Waals surface area contributed by atoms with Crippen molar-refractivity contribution in [2.75, 3.05) is 18.0 Å². The molecule has 0 spiro atoms. The molecule has 2 aromatic carbocycles. The first-order valence-corrected chi connectivity index (χ1v) is 13.8. The van der Waals surface area contributed by atoms with Crippen LogP contribution in [0.2, 0.25) is 0 Å². The summed E-state index contributed by atoms with van der Waals surface area (Å²) in [4.78, 5) is 7.68. The molecular formula is C27H30N5O2S+. The zero-order chi connectivity index (χ0) is 24.2. The topological polar surface area (TPSA) is 82.8 Å². The van der Waals surface area contributed by atoms with Crippen molar-refractivity contribution in [3.63, 3.8) is 0 Å². The van der Waals surface area contributed by atoms with E-state index in [4.69, 9.17) is 4.98 Å². The monoisotopic (exact) mass is 488 g/mol. The van der Waals surface area contributed by atoms with Gasteiger partial charge in [0.25, 0.3) is 10.2 Å². The lowest BCUT2D eigenvalue weighted by molar-refractivity contribution is 0.432. The van der Waals surface area contributed by atoms with Crippen molar-refractivity contribution in [1.29, 1.82) is 0 Å². The first kappa shape index (κ1) is 22.4. The zero-order valence-corrected chi connectivity index (χ0v) is 20.8. The second kappa shape index (κ2) is 8.55. The molecule has 1 aliphatic heterocycles. The maximum atomic E-state index is 12.8. The molecule has 6 rings (SSSR count). The predicted octanol–water partition coefficient (Wildman–Crippen LogP) is 4.74. The third kappa shape index (κ3) is 4.05. The van der Waals surface area contributed by atoms with Crippen molar-refractivity contribution >= 4 is 21.5 Å². The number of nitrogens with one attached hydrogen (secondary N) is 1. The van der Waals surface area contributed by atoms with Gasteiger partial charge in [-0.15, -0.1) is 0 Å². The van der Waals surface area contributed by atoms with Gasteiger partial charge in [0.05, 0.1) is 6.20 Å². The van der Waals surface area contributed by atoms with E-state index in [0.29, 0.717) is 17.0 Å². The van der Waals surface area contributed by atoms with Gasteiger partial charge in [-0.3, -0.25) is 0 Å². The summed E-state index contributed by atoms with van der Waals surface area (Å²) in [6, 6.07) is 16.9. The fraction of sp³-hybridized carbons (Fsp3) is 0.333. The minimum Gasteiger partial charge on any atom is -0.364 e. The summed E-state index contributed by atoms with van der Waals surface area (Å²) in [5, 5.41) is 7.90. The normalized spacial score (nSPS) is 22.3. The van der Waals surface area contributed by atoms with Gasteiger partial charge in [-0.25, -0.2) is 9.50 Å². The number of benzene rings is 2. The number of hydrogen-bond donors (Lipinski definition) is 2. The summed E-state index contributed by atoms with van der Waals surface area (Å²) in [6.07, 6.45) is 7.26. The Labute approximate surface area is 206 Å². The Hall–Kier alpha value is -3.07. The molecule has 8 heteroatoms. The summed E-state index contributed by atoms with van der Waals surface area (Å²) in [7, 11) is -3.00. The lowest BCUT2D eigenvalue weighted by Crippen LogP contribution is -2.55. The molecule has 1 aliphatic carbocycles. The van der Waals surface area contributed by atoms with Gasteiger partial charge in [0.15, 0.2) is 15.8 Å². The van der Waals surface area contributed by atoms with Crippen molar-refractivity contribution in [2.45, 2.75) is 48.9 Å². The molecule has 4 aromatic rings. The van der Waals surface area contributed by atoms with Crippen LogP contribution >= 0.6 is 0 Å². The van der Waals surface area contributed by atoms with Crippen LogP contribution in [0.1, 0.15) is 26.7 Å². The highest BCUT2D eigenvalue weighted by atomic mass is 32.3. The predicted molar refractivity (Wildman–Crippen MR) is 140 cm³/mol. The lowest BCUT2D eigenvalue weighted by Gasteiger charge is -2.41. The van der Waals surface area contributed by atoms with E-state index in [1.807, 2.05) is 30.6 Å². The third-order valence-electron chi connectivity index (χ3n) is 7.14. The van der Waals surface area contributed by atoms with Crippen molar-refractivity contribution < 1.29 is 8.76 Å². The Balaban J connectivity index is 1.29. The van der Waals surface area contributed by atoms with E-state index in [0.717, 1.165) is 53.8 Å². The van der Waals surface area contributed by atoms with Gasteiger partial charge in [-0.1, -0.05) is 28.5 Å². The zero-order valence-electron chi connectivity index (χ0n) is 20.0. The van der Waals surface area contributed by atoms with Crippen LogP contribution in [-0.4, -0.2) is 49.6 Å². The summed E-state index contributed by atoms with van der Waals surface area (Å²) >= 11 is 0. The molecular weight excluding hydrogens is 458 g/mol. The SMILES string of the molecule is C[C@@H]1CNC[C@H](C)N1c1ccc(-c2cnc3c(-c4cccc([S+](=O)(O)C5CC5)c4)cnn3c2)cc1. The van der Waals surface area contributed by atoms with Crippen molar-refractivity contribution in [3.05, 3.63) is 67.1 Å². The second-order valence-electron chi connectivity index (χ2n) is 9.78. The van der Waals surface area contributed by atoms with E-state index < -0.39 is 10.2 Å².